The van der Waals surface area contributed by atoms with Gasteiger partial charge in [0.25, 0.3) is 0 Å². The van der Waals surface area contributed by atoms with Gasteiger partial charge in [0.2, 0.25) is 0 Å². The largest absolute Gasteiger partial charge is 0.392 e. The zero-order chi connectivity index (χ0) is 13.6. The molecule has 0 spiro atoms. The summed E-state index contributed by atoms with van der Waals surface area (Å²) < 4.78 is 4.97. The van der Waals surface area contributed by atoms with Crippen LogP contribution in [0.3, 0.4) is 0 Å². The first-order valence-electron chi connectivity index (χ1n) is 7.11. The average molecular weight is 252 g/mol. The number of cyclic esters (lactones) is 2. The van der Waals surface area contributed by atoms with Gasteiger partial charge in [-0.1, -0.05) is 40.0 Å². The molecule has 3 heteroatoms. The molecule has 2 bridgehead atoms. The van der Waals surface area contributed by atoms with Crippen LogP contribution in [-0.2, 0) is 14.3 Å². The van der Waals surface area contributed by atoms with Gasteiger partial charge in [0.05, 0.1) is 11.3 Å². The highest BCUT2D eigenvalue weighted by Crippen LogP contribution is 2.63. The molecule has 0 amide bonds. The second-order valence-corrected chi connectivity index (χ2v) is 6.61. The molecule has 18 heavy (non-hydrogen) atoms. The Morgan fingerprint density at radius 1 is 1.22 bits per heavy atom. The van der Waals surface area contributed by atoms with Gasteiger partial charge in [-0.25, -0.2) is 0 Å². The Bertz CT molecular complexity index is 372. The first-order chi connectivity index (χ1) is 8.35. The van der Waals surface area contributed by atoms with Crippen molar-refractivity contribution in [3.05, 3.63) is 0 Å². The fourth-order valence-electron chi connectivity index (χ4n) is 3.84. The molecule has 3 unspecified atom stereocenters. The van der Waals surface area contributed by atoms with E-state index < -0.39 is 5.41 Å². The van der Waals surface area contributed by atoms with Crippen molar-refractivity contribution < 1.29 is 14.3 Å². The van der Waals surface area contributed by atoms with Crippen molar-refractivity contribution in [1.82, 2.24) is 0 Å². The van der Waals surface area contributed by atoms with Gasteiger partial charge >= 0.3 is 11.9 Å². The van der Waals surface area contributed by atoms with E-state index in [0.29, 0.717) is 5.92 Å². The summed E-state index contributed by atoms with van der Waals surface area (Å²) in [6.45, 7) is 8.28. The third-order valence-electron chi connectivity index (χ3n) is 5.60. The molecule has 0 radical (unpaired) electrons. The van der Waals surface area contributed by atoms with Crippen LogP contribution in [0.2, 0.25) is 0 Å². The second kappa shape index (κ2) is 4.36. The maximum atomic E-state index is 12.2. The molecule has 3 nitrogen and oxygen atoms in total. The summed E-state index contributed by atoms with van der Waals surface area (Å²) in [5, 5.41) is 0. The van der Waals surface area contributed by atoms with Gasteiger partial charge in [-0.05, 0) is 31.1 Å². The van der Waals surface area contributed by atoms with Crippen LogP contribution in [0.25, 0.3) is 0 Å². The molecule has 1 saturated carbocycles. The average Bonchev–Trinajstić information content (AvgIpc) is 2.43. The van der Waals surface area contributed by atoms with Crippen LogP contribution in [-0.4, -0.2) is 11.9 Å². The second-order valence-electron chi connectivity index (χ2n) is 6.61. The maximum Gasteiger partial charge on any atom is 0.320 e. The van der Waals surface area contributed by atoms with Gasteiger partial charge in [-0.15, -0.1) is 0 Å². The number of fused-ring (bicyclic) bond motifs is 2. The molecule has 1 saturated heterocycles. The molecule has 3 atom stereocenters. The molecule has 0 aromatic heterocycles. The molecule has 1 aliphatic heterocycles. The molecule has 2 fully saturated rings. The molecule has 102 valence electrons. The van der Waals surface area contributed by atoms with Crippen molar-refractivity contribution in [2.24, 2.45) is 22.7 Å². The molecular formula is C15H24O3. The number of esters is 2. The SMILES string of the molecule is CCCCCC1CC2C(=O)OC(=O)C1(C)C2(C)C. The number of hydrogen-bond acceptors (Lipinski definition) is 3. The summed E-state index contributed by atoms with van der Waals surface area (Å²) in [5.74, 6) is -0.414. The van der Waals surface area contributed by atoms with E-state index in [-0.39, 0.29) is 23.3 Å². The highest BCUT2D eigenvalue weighted by molar-refractivity contribution is 5.95. The highest BCUT2D eigenvalue weighted by Gasteiger charge is 2.67. The monoisotopic (exact) mass is 252 g/mol. The molecule has 1 aliphatic carbocycles. The van der Waals surface area contributed by atoms with E-state index in [4.69, 9.17) is 4.74 Å². The predicted octanol–water partition coefficient (Wildman–Crippen LogP) is 3.32. The molecule has 0 aromatic rings. The smallest absolute Gasteiger partial charge is 0.320 e. The summed E-state index contributed by atoms with van der Waals surface area (Å²) in [7, 11) is 0. The number of hydrogen-bond donors (Lipinski definition) is 0. The lowest BCUT2D eigenvalue weighted by Gasteiger charge is -2.44. The lowest BCUT2D eigenvalue weighted by molar-refractivity contribution is -0.187. The summed E-state index contributed by atoms with van der Waals surface area (Å²) >= 11 is 0. The normalized spacial score (nSPS) is 37.8. The van der Waals surface area contributed by atoms with E-state index in [1.54, 1.807) is 0 Å². The molecular weight excluding hydrogens is 228 g/mol. The summed E-state index contributed by atoms with van der Waals surface area (Å²) in [4.78, 5) is 24.1. The van der Waals surface area contributed by atoms with Crippen molar-refractivity contribution in [2.75, 3.05) is 0 Å². The summed E-state index contributed by atoms with van der Waals surface area (Å²) in [5.41, 5.74) is -0.754. The molecule has 2 aliphatic rings. The van der Waals surface area contributed by atoms with Gasteiger partial charge in [-0.2, -0.15) is 0 Å². The molecule has 0 aromatic carbocycles. The highest BCUT2D eigenvalue weighted by atomic mass is 16.6. The quantitative estimate of drug-likeness (QED) is 0.438. The van der Waals surface area contributed by atoms with Crippen LogP contribution in [0.15, 0.2) is 0 Å². The number of ether oxygens (including phenoxy) is 1. The third-order valence-corrected chi connectivity index (χ3v) is 5.60. The lowest BCUT2D eigenvalue weighted by Crippen LogP contribution is -2.51. The van der Waals surface area contributed by atoms with Gasteiger partial charge in [0.1, 0.15) is 0 Å². The fourth-order valence-corrected chi connectivity index (χ4v) is 3.84. The standard InChI is InChI=1S/C15H24O3/c1-5-6-7-8-10-9-11-12(16)18-13(17)15(10,4)14(11,2)3/h10-11H,5-9H2,1-4H3. The Labute approximate surface area is 109 Å². The van der Waals surface area contributed by atoms with Crippen LogP contribution in [0, 0.1) is 22.7 Å². The van der Waals surface area contributed by atoms with Crippen molar-refractivity contribution in [1.29, 1.82) is 0 Å². The first-order valence-corrected chi connectivity index (χ1v) is 7.11. The van der Waals surface area contributed by atoms with E-state index >= 15 is 0 Å². The number of rotatable bonds is 4. The number of unbranched alkanes of at least 4 members (excludes halogenated alkanes) is 2. The van der Waals surface area contributed by atoms with Gasteiger partial charge < -0.3 is 4.74 Å². The van der Waals surface area contributed by atoms with Crippen LogP contribution in [0.1, 0.15) is 59.8 Å². The minimum Gasteiger partial charge on any atom is -0.392 e. The maximum absolute atomic E-state index is 12.2. The topological polar surface area (TPSA) is 43.4 Å². The van der Waals surface area contributed by atoms with Crippen LogP contribution >= 0.6 is 0 Å². The Balaban J connectivity index is 2.25. The third kappa shape index (κ3) is 1.63. The van der Waals surface area contributed by atoms with E-state index in [9.17, 15) is 9.59 Å². The molecule has 2 rings (SSSR count). The Morgan fingerprint density at radius 2 is 1.89 bits per heavy atom. The number of carbonyl (C=O) groups excluding carboxylic acids is 2. The van der Waals surface area contributed by atoms with Gasteiger partial charge in [0.15, 0.2) is 0 Å². The first kappa shape index (κ1) is 13.6. The van der Waals surface area contributed by atoms with Crippen molar-refractivity contribution >= 4 is 11.9 Å². The zero-order valence-electron chi connectivity index (χ0n) is 11.9. The minimum atomic E-state index is -0.487. The van der Waals surface area contributed by atoms with Gasteiger partial charge in [0, 0.05) is 0 Å². The van der Waals surface area contributed by atoms with Crippen molar-refractivity contribution in [2.45, 2.75) is 59.8 Å². The zero-order valence-corrected chi connectivity index (χ0v) is 11.9. The van der Waals surface area contributed by atoms with Gasteiger partial charge in [-0.3, -0.25) is 9.59 Å². The van der Waals surface area contributed by atoms with E-state index in [0.717, 1.165) is 19.3 Å². The van der Waals surface area contributed by atoms with Crippen molar-refractivity contribution in [3.8, 4) is 0 Å². The van der Waals surface area contributed by atoms with E-state index in [1.165, 1.54) is 12.8 Å². The Morgan fingerprint density at radius 3 is 2.50 bits per heavy atom. The van der Waals surface area contributed by atoms with Crippen LogP contribution in [0.5, 0.6) is 0 Å². The van der Waals surface area contributed by atoms with E-state index in [1.807, 2.05) is 6.92 Å². The summed E-state index contributed by atoms with van der Waals surface area (Å²) in [6, 6.07) is 0. The minimum absolute atomic E-state index is 0.105. The summed E-state index contributed by atoms with van der Waals surface area (Å²) in [6.07, 6.45) is 5.37. The van der Waals surface area contributed by atoms with Crippen LogP contribution in [0.4, 0.5) is 0 Å². The van der Waals surface area contributed by atoms with E-state index in [2.05, 4.69) is 20.8 Å². The molecule has 0 N–H and O–H groups in total. The fraction of sp³-hybridized carbons (Fsp3) is 0.867. The molecule has 1 heterocycles. The van der Waals surface area contributed by atoms with Crippen molar-refractivity contribution in [3.63, 3.8) is 0 Å². The Kier molecular flexibility index (Phi) is 3.28. The number of carbonyl (C=O) groups is 2. The Hall–Kier alpha value is -0.860. The van der Waals surface area contributed by atoms with Crippen LogP contribution < -0.4 is 0 Å². The predicted molar refractivity (Wildman–Crippen MR) is 68.7 cm³/mol. The lowest BCUT2D eigenvalue weighted by atomic mass is 9.61.